The zero-order valence-corrected chi connectivity index (χ0v) is 8.38. The van der Waals surface area contributed by atoms with Crippen LogP contribution in [0.1, 0.15) is 23.6 Å². The molecular formula is C13H16. The molecule has 0 nitrogen and oxygen atoms in total. The molecule has 0 amide bonds. The van der Waals surface area contributed by atoms with E-state index in [-0.39, 0.29) is 0 Å². The van der Waals surface area contributed by atoms with E-state index >= 15 is 0 Å². The van der Waals surface area contributed by atoms with Crippen LogP contribution in [0.15, 0.2) is 36.9 Å². The van der Waals surface area contributed by atoms with Gasteiger partial charge in [0.05, 0.1) is 0 Å². The zero-order valence-electron chi connectivity index (χ0n) is 8.38. The molecule has 0 aliphatic rings. The van der Waals surface area contributed by atoms with Crippen LogP contribution in [0.5, 0.6) is 0 Å². The van der Waals surface area contributed by atoms with Gasteiger partial charge in [0.1, 0.15) is 0 Å². The third-order valence-corrected chi connectivity index (χ3v) is 2.16. The number of allylic oxidation sites excluding steroid dienone is 2. The van der Waals surface area contributed by atoms with Gasteiger partial charge in [0, 0.05) is 0 Å². The molecule has 0 heterocycles. The molecule has 0 aromatic heterocycles. The SMILES string of the molecule is C=C/C=C\c1cc(CC)ccc1C. The molecule has 0 aliphatic carbocycles. The van der Waals surface area contributed by atoms with Gasteiger partial charge in [0.2, 0.25) is 0 Å². The standard InChI is InChI=1S/C13H16/c1-4-6-7-13-10-12(5-2)9-8-11(13)3/h4,6-10H,1,5H2,2-3H3/b7-6-. The van der Waals surface area contributed by atoms with Crippen LogP contribution in [-0.2, 0) is 6.42 Å². The molecule has 0 fully saturated rings. The zero-order chi connectivity index (χ0) is 9.68. The lowest BCUT2D eigenvalue weighted by Gasteiger charge is -2.02. The summed E-state index contributed by atoms with van der Waals surface area (Å²) in [4.78, 5) is 0. The summed E-state index contributed by atoms with van der Waals surface area (Å²) in [5, 5.41) is 0. The fourth-order valence-electron chi connectivity index (χ4n) is 1.26. The Hall–Kier alpha value is -1.30. The second kappa shape index (κ2) is 4.66. The molecule has 1 aromatic carbocycles. The van der Waals surface area contributed by atoms with Crippen molar-refractivity contribution in [3.05, 3.63) is 53.6 Å². The molecule has 0 bridgehead atoms. The Morgan fingerprint density at radius 3 is 2.77 bits per heavy atom. The van der Waals surface area contributed by atoms with Gasteiger partial charge >= 0.3 is 0 Å². The largest absolute Gasteiger partial charge is 0.0991 e. The molecule has 0 atom stereocenters. The van der Waals surface area contributed by atoms with Crippen molar-refractivity contribution in [1.29, 1.82) is 0 Å². The summed E-state index contributed by atoms with van der Waals surface area (Å²) in [6.45, 7) is 7.96. The van der Waals surface area contributed by atoms with Gasteiger partial charge in [-0.3, -0.25) is 0 Å². The minimum atomic E-state index is 1.09. The van der Waals surface area contributed by atoms with Gasteiger partial charge in [0.25, 0.3) is 0 Å². The summed E-state index contributed by atoms with van der Waals surface area (Å²) in [6, 6.07) is 6.58. The fourth-order valence-corrected chi connectivity index (χ4v) is 1.26. The number of benzene rings is 1. The molecule has 1 aromatic rings. The first kappa shape index (κ1) is 9.79. The molecule has 0 N–H and O–H groups in total. The highest BCUT2D eigenvalue weighted by atomic mass is 14.0. The van der Waals surface area contributed by atoms with Gasteiger partial charge in [-0.15, -0.1) is 0 Å². The smallest absolute Gasteiger partial charge is 0.0225 e. The van der Waals surface area contributed by atoms with Crippen molar-refractivity contribution < 1.29 is 0 Å². The fraction of sp³-hybridized carbons (Fsp3) is 0.231. The van der Waals surface area contributed by atoms with E-state index in [0.717, 1.165) is 6.42 Å². The van der Waals surface area contributed by atoms with E-state index in [0.29, 0.717) is 0 Å². The van der Waals surface area contributed by atoms with E-state index in [1.54, 1.807) is 6.08 Å². The number of hydrogen-bond acceptors (Lipinski definition) is 0. The predicted molar refractivity (Wildman–Crippen MR) is 59.8 cm³/mol. The van der Waals surface area contributed by atoms with E-state index in [2.05, 4.69) is 44.7 Å². The first-order valence-electron chi connectivity index (χ1n) is 4.66. The van der Waals surface area contributed by atoms with Crippen LogP contribution in [0, 0.1) is 6.92 Å². The third kappa shape index (κ3) is 2.59. The van der Waals surface area contributed by atoms with Crippen LogP contribution in [0.4, 0.5) is 0 Å². The van der Waals surface area contributed by atoms with Gasteiger partial charge in [-0.25, -0.2) is 0 Å². The minimum Gasteiger partial charge on any atom is -0.0991 e. The minimum absolute atomic E-state index is 1.09. The lowest BCUT2D eigenvalue weighted by Crippen LogP contribution is -1.85. The van der Waals surface area contributed by atoms with Crippen LogP contribution in [0.3, 0.4) is 0 Å². The lowest BCUT2D eigenvalue weighted by atomic mass is 10.0. The normalized spacial score (nSPS) is 10.6. The van der Waals surface area contributed by atoms with Crippen molar-refractivity contribution in [3.8, 4) is 0 Å². The molecule has 0 saturated carbocycles. The number of rotatable bonds is 3. The molecule has 0 aliphatic heterocycles. The van der Waals surface area contributed by atoms with Crippen LogP contribution >= 0.6 is 0 Å². The van der Waals surface area contributed by atoms with E-state index in [4.69, 9.17) is 0 Å². The van der Waals surface area contributed by atoms with Gasteiger partial charge in [-0.05, 0) is 30.0 Å². The Balaban J connectivity index is 3.03. The van der Waals surface area contributed by atoms with Gasteiger partial charge in [-0.1, -0.05) is 49.9 Å². The van der Waals surface area contributed by atoms with Crippen LogP contribution in [-0.4, -0.2) is 0 Å². The average Bonchev–Trinajstić information content (AvgIpc) is 2.17. The summed E-state index contributed by atoms with van der Waals surface area (Å²) in [7, 11) is 0. The molecule has 13 heavy (non-hydrogen) atoms. The highest BCUT2D eigenvalue weighted by Crippen LogP contribution is 2.13. The van der Waals surface area contributed by atoms with E-state index in [1.165, 1.54) is 16.7 Å². The third-order valence-electron chi connectivity index (χ3n) is 2.16. The maximum absolute atomic E-state index is 3.66. The first-order chi connectivity index (χ1) is 6.27. The average molecular weight is 172 g/mol. The molecule has 0 unspecified atom stereocenters. The Kier molecular flexibility index (Phi) is 3.51. The van der Waals surface area contributed by atoms with Gasteiger partial charge in [-0.2, -0.15) is 0 Å². The van der Waals surface area contributed by atoms with Crippen molar-refractivity contribution in [2.75, 3.05) is 0 Å². The van der Waals surface area contributed by atoms with Gasteiger partial charge in [0.15, 0.2) is 0 Å². The van der Waals surface area contributed by atoms with E-state index < -0.39 is 0 Å². The Morgan fingerprint density at radius 1 is 1.38 bits per heavy atom. The van der Waals surface area contributed by atoms with Crippen LogP contribution in [0.25, 0.3) is 6.08 Å². The maximum atomic E-state index is 3.66. The summed E-state index contributed by atoms with van der Waals surface area (Å²) < 4.78 is 0. The van der Waals surface area contributed by atoms with Gasteiger partial charge < -0.3 is 0 Å². The summed E-state index contributed by atoms with van der Waals surface area (Å²) >= 11 is 0. The predicted octanol–water partition coefficient (Wildman–Crippen LogP) is 3.76. The Labute approximate surface area is 80.6 Å². The quantitative estimate of drug-likeness (QED) is 0.609. The monoisotopic (exact) mass is 172 g/mol. The number of aryl methyl sites for hydroxylation is 2. The summed E-state index contributed by atoms with van der Waals surface area (Å²) in [5.41, 5.74) is 3.99. The highest BCUT2D eigenvalue weighted by Gasteiger charge is 1.94. The Morgan fingerprint density at radius 2 is 2.15 bits per heavy atom. The Bertz CT molecular complexity index is 319. The van der Waals surface area contributed by atoms with Crippen molar-refractivity contribution >= 4 is 6.08 Å². The summed E-state index contributed by atoms with van der Waals surface area (Å²) in [6.07, 6.45) is 6.97. The molecule has 1 rings (SSSR count). The topological polar surface area (TPSA) is 0 Å². The van der Waals surface area contributed by atoms with Crippen LogP contribution < -0.4 is 0 Å². The van der Waals surface area contributed by atoms with Crippen molar-refractivity contribution in [3.63, 3.8) is 0 Å². The molecule has 68 valence electrons. The maximum Gasteiger partial charge on any atom is -0.0225 e. The molecular weight excluding hydrogens is 156 g/mol. The molecule has 0 spiro atoms. The van der Waals surface area contributed by atoms with E-state index in [1.807, 2.05) is 6.08 Å². The second-order valence-corrected chi connectivity index (χ2v) is 3.14. The molecule has 0 saturated heterocycles. The molecule has 0 heteroatoms. The summed E-state index contributed by atoms with van der Waals surface area (Å²) in [5.74, 6) is 0. The van der Waals surface area contributed by atoms with Crippen molar-refractivity contribution in [2.24, 2.45) is 0 Å². The van der Waals surface area contributed by atoms with Crippen molar-refractivity contribution in [1.82, 2.24) is 0 Å². The lowest BCUT2D eigenvalue weighted by molar-refractivity contribution is 1.13. The number of hydrogen-bond donors (Lipinski definition) is 0. The van der Waals surface area contributed by atoms with Crippen molar-refractivity contribution in [2.45, 2.75) is 20.3 Å². The first-order valence-corrected chi connectivity index (χ1v) is 4.66. The highest BCUT2D eigenvalue weighted by molar-refractivity contribution is 5.55. The molecule has 0 radical (unpaired) electrons. The second-order valence-electron chi connectivity index (χ2n) is 3.14. The van der Waals surface area contributed by atoms with E-state index in [9.17, 15) is 0 Å². The van der Waals surface area contributed by atoms with Crippen LogP contribution in [0.2, 0.25) is 0 Å².